The first-order chi connectivity index (χ1) is 15.3. The summed E-state index contributed by atoms with van der Waals surface area (Å²) in [4.78, 5) is 27.6. The van der Waals surface area contributed by atoms with Gasteiger partial charge in [-0.25, -0.2) is 0 Å². The summed E-state index contributed by atoms with van der Waals surface area (Å²) in [6.45, 7) is 4.45. The molecular formula is C23H26BrCl3N2O3. The van der Waals surface area contributed by atoms with Crippen molar-refractivity contribution in [3.05, 3.63) is 61.5 Å². The van der Waals surface area contributed by atoms with Crippen LogP contribution >= 0.6 is 50.7 Å². The summed E-state index contributed by atoms with van der Waals surface area (Å²) in [6.07, 6.45) is 2.29. The maximum Gasteiger partial charge on any atom is 0.261 e. The Bertz CT molecular complexity index is 943. The quantitative estimate of drug-likeness (QED) is 0.317. The van der Waals surface area contributed by atoms with Crippen LogP contribution in [-0.2, 0) is 16.1 Å². The molecule has 0 radical (unpaired) electrons. The maximum absolute atomic E-state index is 13.2. The lowest BCUT2D eigenvalue weighted by atomic mass is 10.1. The third-order valence-electron chi connectivity index (χ3n) is 4.80. The van der Waals surface area contributed by atoms with Gasteiger partial charge in [-0.1, -0.05) is 61.1 Å². The first kappa shape index (κ1) is 26.8. The minimum absolute atomic E-state index is 0.193. The van der Waals surface area contributed by atoms with E-state index in [0.29, 0.717) is 38.3 Å². The molecule has 0 aliphatic heterocycles. The first-order valence-corrected chi connectivity index (χ1v) is 12.3. The fourth-order valence-corrected chi connectivity index (χ4v) is 4.19. The molecule has 0 spiro atoms. The zero-order chi connectivity index (χ0) is 23.7. The van der Waals surface area contributed by atoms with Gasteiger partial charge in [-0.3, -0.25) is 9.59 Å². The number of benzene rings is 2. The molecule has 32 heavy (non-hydrogen) atoms. The number of ether oxygens (including phenoxy) is 1. The number of hydrogen-bond donors (Lipinski definition) is 1. The third-order valence-corrected chi connectivity index (χ3v) is 6.39. The summed E-state index contributed by atoms with van der Waals surface area (Å²) >= 11 is 21.5. The average molecular weight is 565 g/mol. The lowest BCUT2D eigenvalue weighted by Gasteiger charge is -2.30. The summed E-state index contributed by atoms with van der Waals surface area (Å²) in [5.41, 5.74) is 0.764. The van der Waals surface area contributed by atoms with E-state index >= 15 is 0 Å². The Kier molecular flexibility index (Phi) is 11.1. The Balaban J connectivity index is 2.22. The number of carbonyl (C=O) groups is 2. The minimum Gasteiger partial charge on any atom is -0.483 e. The van der Waals surface area contributed by atoms with Crippen LogP contribution in [0.4, 0.5) is 0 Å². The summed E-state index contributed by atoms with van der Waals surface area (Å²) < 4.78 is 6.35. The fraction of sp³-hybridized carbons (Fsp3) is 0.391. The summed E-state index contributed by atoms with van der Waals surface area (Å²) in [5.74, 6) is -0.0323. The average Bonchev–Trinajstić information content (AvgIpc) is 2.75. The van der Waals surface area contributed by atoms with E-state index < -0.39 is 6.04 Å². The SMILES string of the molecule is CCCCNC(=O)C(CC)N(Cc1ccc(Cl)c(Cl)c1)C(=O)COc1ccc(Cl)cc1Br. The lowest BCUT2D eigenvalue weighted by Crippen LogP contribution is -2.50. The van der Waals surface area contributed by atoms with Crippen LogP contribution in [0.1, 0.15) is 38.7 Å². The third kappa shape index (κ3) is 7.84. The molecule has 1 N–H and O–H groups in total. The van der Waals surface area contributed by atoms with Crippen LogP contribution in [0, 0.1) is 0 Å². The molecule has 1 atom stereocenters. The zero-order valence-electron chi connectivity index (χ0n) is 18.0. The molecule has 0 fully saturated rings. The number of unbranched alkanes of at least 4 members (excludes halogenated alkanes) is 1. The molecule has 0 aliphatic carbocycles. The van der Waals surface area contributed by atoms with E-state index in [4.69, 9.17) is 39.5 Å². The van der Waals surface area contributed by atoms with E-state index in [-0.39, 0.29) is 25.0 Å². The largest absolute Gasteiger partial charge is 0.483 e. The minimum atomic E-state index is -0.647. The highest BCUT2D eigenvalue weighted by Gasteiger charge is 2.29. The van der Waals surface area contributed by atoms with Crippen LogP contribution in [0.25, 0.3) is 0 Å². The number of carbonyl (C=O) groups excluding carboxylic acids is 2. The molecule has 0 saturated carbocycles. The number of rotatable bonds is 11. The highest BCUT2D eigenvalue weighted by molar-refractivity contribution is 9.10. The molecule has 9 heteroatoms. The van der Waals surface area contributed by atoms with Crippen molar-refractivity contribution in [3.63, 3.8) is 0 Å². The van der Waals surface area contributed by atoms with Crippen molar-refractivity contribution in [2.45, 2.75) is 45.7 Å². The second kappa shape index (κ2) is 13.3. The molecule has 0 aliphatic rings. The van der Waals surface area contributed by atoms with Gasteiger partial charge in [0.2, 0.25) is 5.91 Å². The van der Waals surface area contributed by atoms with Gasteiger partial charge in [0.05, 0.1) is 14.5 Å². The molecule has 2 amide bonds. The molecule has 0 aromatic heterocycles. The number of amides is 2. The van der Waals surface area contributed by atoms with E-state index in [9.17, 15) is 9.59 Å². The van der Waals surface area contributed by atoms with Crippen LogP contribution in [0.2, 0.25) is 15.1 Å². The van der Waals surface area contributed by atoms with Crippen LogP contribution in [0.3, 0.4) is 0 Å². The smallest absolute Gasteiger partial charge is 0.261 e. The molecule has 0 bridgehead atoms. The predicted molar refractivity (Wildman–Crippen MR) is 134 cm³/mol. The van der Waals surface area contributed by atoms with Crippen molar-refractivity contribution >= 4 is 62.5 Å². The molecular weight excluding hydrogens is 539 g/mol. The normalized spacial score (nSPS) is 11.7. The zero-order valence-corrected chi connectivity index (χ0v) is 21.8. The lowest BCUT2D eigenvalue weighted by molar-refractivity contribution is -0.143. The van der Waals surface area contributed by atoms with Crippen LogP contribution in [-0.4, -0.2) is 35.9 Å². The summed E-state index contributed by atoms with van der Waals surface area (Å²) in [5, 5.41) is 4.28. The van der Waals surface area contributed by atoms with Gasteiger partial charge >= 0.3 is 0 Å². The Hall–Kier alpha value is -1.47. The van der Waals surface area contributed by atoms with Gasteiger partial charge in [-0.15, -0.1) is 0 Å². The van der Waals surface area contributed by atoms with E-state index in [2.05, 4.69) is 28.2 Å². The summed E-state index contributed by atoms with van der Waals surface area (Å²) in [6, 6.07) is 9.55. The number of halogens is 4. The molecule has 2 rings (SSSR count). The standard InChI is InChI=1S/C23H26BrCl3N2O3/c1-3-5-10-28-23(31)20(4-2)29(13-15-6-8-18(26)19(27)11-15)22(30)14-32-21-9-7-16(25)12-17(21)24/h6-9,11-12,20H,3-5,10,13-14H2,1-2H3,(H,28,31). The van der Waals surface area contributed by atoms with Gasteiger partial charge in [0.25, 0.3) is 5.91 Å². The topological polar surface area (TPSA) is 58.6 Å². The molecule has 2 aromatic carbocycles. The molecule has 174 valence electrons. The Morgan fingerprint density at radius 3 is 2.47 bits per heavy atom. The van der Waals surface area contributed by atoms with Crippen molar-refractivity contribution in [2.75, 3.05) is 13.2 Å². The number of nitrogens with one attached hydrogen (secondary N) is 1. The molecule has 0 heterocycles. The molecule has 1 unspecified atom stereocenters. The Morgan fingerprint density at radius 2 is 1.84 bits per heavy atom. The van der Waals surface area contributed by atoms with E-state index in [0.717, 1.165) is 18.4 Å². The highest BCUT2D eigenvalue weighted by Crippen LogP contribution is 2.28. The monoisotopic (exact) mass is 562 g/mol. The van der Waals surface area contributed by atoms with Crippen LogP contribution in [0.15, 0.2) is 40.9 Å². The Morgan fingerprint density at radius 1 is 1.09 bits per heavy atom. The second-order valence-corrected chi connectivity index (χ2v) is 9.31. The molecule has 0 saturated heterocycles. The van der Waals surface area contributed by atoms with Crippen molar-refractivity contribution in [1.82, 2.24) is 10.2 Å². The van der Waals surface area contributed by atoms with E-state index in [1.165, 1.54) is 4.90 Å². The molecule has 5 nitrogen and oxygen atoms in total. The van der Waals surface area contributed by atoms with Crippen LogP contribution < -0.4 is 10.1 Å². The number of hydrogen-bond acceptors (Lipinski definition) is 3. The first-order valence-electron chi connectivity index (χ1n) is 10.4. The van der Waals surface area contributed by atoms with Crippen molar-refractivity contribution in [2.24, 2.45) is 0 Å². The number of nitrogens with zero attached hydrogens (tertiary/aromatic N) is 1. The van der Waals surface area contributed by atoms with Gasteiger partial charge in [0.1, 0.15) is 11.8 Å². The maximum atomic E-state index is 13.2. The fourth-order valence-electron chi connectivity index (χ4n) is 3.08. The van der Waals surface area contributed by atoms with Gasteiger partial charge < -0.3 is 15.0 Å². The van der Waals surface area contributed by atoms with Gasteiger partial charge in [0, 0.05) is 18.1 Å². The highest BCUT2D eigenvalue weighted by atomic mass is 79.9. The van der Waals surface area contributed by atoms with Crippen molar-refractivity contribution in [3.8, 4) is 5.75 Å². The summed E-state index contributed by atoms with van der Waals surface area (Å²) in [7, 11) is 0. The van der Waals surface area contributed by atoms with Gasteiger partial charge in [-0.05, 0) is 64.7 Å². The van der Waals surface area contributed by atoms with E-state index in [1.54, 1.807) is 36.4 Å². The van der Waals surface area contributed by atoms with Crippen molar-refractivity contribution < 1.29 is 14.3 Å². The Labute approximate surface area is 212 Å². The van der Waals surface area contributed by atoms with Crippen molar-refractivity contribution in [1.29, 1.82) is 0 Å². The van der Waals surface area contributed by atoms with Gasteiger partial charge in [-0.2, -0.15) is 0 Å². The predicted octanol–water partition coefficient (Wildman–Crippen LogP) is 6.51. The molecule has 2 aromatic rings. The van der Waals surface area contributed by atoms with E-state index in [1.807, 2.05) is 6.92 Å². The second-order valence-electron chi connectivity index (χ2n) is 7.20. The van der Waals surface area contributed by atoms with Gasteiger partial charge in [0.15, 0.2) is 6.61 Å². The van der Waals surface area contributed by atoms with Crippen LogP contribution in [0.5, 0.6) is 5.75 Å².